The molecule has 324 valence electrons. The highest BCUT2D eigenvalue weighted by molar-refractivity contribution is 5.96. The number of hydrogen-bond acceptors (Lipinski definition) is 9. The van der Waals surface area contributed by atoms with Gasteiger partial charge in [-0.3, -0.25) is 10.2 Å². The Hall–Kier alpha value is -7.43. The van der Waals surface area contributed by atoms with E-state index in [-0.39, 0.29) is 17.5 Å². The lowest BCUT2D eigenvalue weighted by Crippen LogP contribution is -2.47. The summed E-state index contributed by atoms with van der Waals surface area (Å²) in [5, 5.41) is 42.1. The van der Waals surface area contributed by atoms with Gasteiger partial charge in [0.15, 0.2) is 34.8 Å². The predicted molar refractivity (Wildman–Crippen MR) is 237 cm³/mol. The summed E-state index contributed by atoms with van der Waals surface area (Å²) >= 11 is 0. The Kier molecular flexibility index (Phi) is 8.55. The van der Waals surface area contributed by atoms with Crippen molar-refractivity contribution in [3.05, 3.63) is 106 Å². The first-order valence-electron chi connectivity index (χ1n) is 21.9. The molecule has 4 aromatic carbocycles. The monoisotopic (exact) mass is 862 g/mol. The van der Waals surface area contributed by atoms with Crippen molar-refractivity contribution in [2.45, 2.75) is 65.7 Å². The smallest absolute Gasteiger partial charge is 0.321 e. The minimum Gasteiger partial charge on any atom is -0.505 e. The van der Waals surface area contributed by atoms with Crippen molar-refractivity contribution in [2.24, 2.45) is 0 Å². The van der Waals surface area contributed by atoms with Crippen molar-refractivity contribution in [3.63, 3.8) is 0 Å². The normalized spacial score (nSPS) is 15.7. The number of nitrogens with one attached hydrogen (secondary N) is 2. The highest BCUT2D eigenvalue weighted by Crippen LogP contribution is 2.39. The van der Waals surface area contributed by atoms with Crippen LogP contribution in [0.4, 0.5) is 13.6 Å². The number of benzene rings is 4. The van der Waals surface area contributed by atoms with E-state index in [9.17, 15) is 23.8 Å². The molecule has 4 aliphatic rings. The number of fused-ring (bicyclic) bond motifs is 4. The van der Waals surface area contributed by atoms with Crippen LogP contribution in [0.25, 0.3) is 67.1 Å². The summed E-state index contributed by atoms with van der Waals surface area (Å²) in [6.07, 6.45) is 3.38. The van der Waals surface area contributed by atoms with E-state index >= 15 is 0 Å². The van der Waals surface area contributed by atoms with E-state index < -0.39 is 11.6 Å². The number of phenolic OH excluding ortho intramolecular Hbond substituents is 2. The molecule has 4 aliphatic heterocycles. The molecule has 0 atom stereocenters. The van der Waals surface area contributed by atoms with Gasteiger partial charge in [-0.1, -0.05) is 26.0 Å². The minimum absolute atomic E-state index is 0.0749. The number of rotatable bonds is 8. The van der Waals surface area contributed by atoms with Gasteiger partial charge in [0.25, 0.3) is 0 Å². The average molecular weight is 863 g/mol. The summed E-state index contributed by atoms with van der Waals surface area (Å²) in [5.41, 5.74) is 11.4. The van der Waals surface area contributed by atoms with E-state index in [1.54, 1.807) is 0 Å². The first-order valence-corrected chi connectivity index (χ1v) is 21.9. The second-order valence-electron chi connectivity index (χ2n) is 17.2. The predicted octanol–water partition coefficient (Wildman–Crippen LogP) is 7.45. The number of aromatic hydroxyl groups is 2. The van der Waals surface area contributed by atoms with Crippen molar-refractivity contribution < 1.29 is 23.8 Å². The molecule has 0 radical (unpaired) electrons. The van der Waals surface area contributed by atoms with Crippen LogP contribution in [0.3, 0.4) is 0 Å². The first kappa shape index (κ1) is 38.3. The van der Waals surface area contributed by atoms with Gasteiger partial charge in [-0.15, -0.1) is 0 Å². The molecule has 0 spiro atoms. The number of urea groups is 1. The van der Waals surface area contributed by atoms with Crippen molar-refractivity contribution >= 4 is 27.8 Å². The number of hydrogen-bond donors (Lipinski definition) is 4. The number of phenols is 2. The molecule has 2 fully saturated rings. The zero-order valence-electron chi connectivity index (χ0n) is 35.3. The Morgan fingerprint density at radius 3 is 1.45 bits per heavy atom. The topological polar surface area (TPSA) is 163 Å². The van der Waals surface area contributed by atoms with Gasteiger partial charge in [-0.25, -0.2) is 32.9 Å². The highest BCUT2D eigenvalue weighted by Gasteiger charge is 2.40. The van der Waals surface area contributed by atoms with Crippen LogP contribution in [0.15, 0.2) is 60.7 Å². The zero-order valence-corrected chi connectivity index (χ0v) is 35.3. The molecule has 8 aromatic rings. The maximum Gasteiger partial charge on any atom is 0.321 e. The van der Waals surface area contributed by atoms with Crippen LogP contribution in [0.5, 0.6) is 11.5 Å². The molecular formula is C47H44F2N12O3. The Morgan fingerprint density at radius 2 is 1.06 bits per heavy atom. The largest absolute Gasteiger partial charge is 0.505 e. The quantitative estimate of drug-likeness (QED) is 0.122. The van der Waals surface area contributed by atoms with Crippen LogP contribution < -0.4 is 10.0 Å². The van der Waals surface area contributed by atoms with Gasteiger partial charge >= 0.3 is 6.03 Å². The van der Waals surface area contributed by atoms with Gasteiger partial charge in [-0.2, -0.15) is 10.2 Å². The van der Waals surface area contributed by atoms with E-state index in [0.717, 1.165) is 129 Å². The third-order valence-electron chi connectivity index (χ3n) is 13.5. The maximum absolute atomic E-state index is 14.5. The number of H-pyrrole nitrogens is 2. The summed E-state index contributed by atoms with van der Waals surface area (Å²) < 4.78 is 33.3. The number of nitrogens with zero attached hydrogens (tertiary/aromatic N) is 10. The summed E-state index contributed by atoms with van der Waals surface area (Å²) in [6.45, 7) is 8.94. The lowest BCUT2D eigenvalue weighted by molar-refractivity contribution is 0.150. The molecule has 12 rings (SSSR count). The summed E-state index contributed by atoms with van der Waals surface area (Å²) in [7, 11) is 0. The van der Waals surface area contributed by atoms with Crippen LogP contribution in [-0.2, 0) is 39.0 Å². The molecule has 4 aromatic heterocycles. The van der Waals surface area contributed by atoms with Crippen LogP contribution in [0.1, 0.15) is 60.6 Å². The number of carbonyl (C=O) groups excluding carboxylic acids is 1. The molecule has 8 heterocycles. The fourth-order valence-corrected chi connectivity index (χ4v) is 9.82. The summed E-state index contributed by atoms with van der Waals surface area (Å²) in [5.74, 6) is -0.595. The molecule has 15 nitrogen and oxygen atoms in total. The summed E-state index contributed by atoms with van der Waals surface area (Å²) in [4.78, 5) is 28.4. The van der Waals surface area contributed by atoms with Gasteiger partial charge in [0.05, 0.1) is 60.0 Å². The SMILES string of the molecule is CCc1cc(O)c(F)cc1-c1ccc2c(-c3nc4c(n3N3CCC3)CN(C(=O)N3Cc5nc(-c6n[nH]c7cc(-c8cc(F)c(O)cc8CC)ccc67)n(N6CCC6)c5C3)C4)n[nH]c2c1. The molecule has 17 heteroatoms. The lowest BCUT2D eigenvalue weighted by Gasteiger charge is -2.36. The molecule has 0 unspecified atom stereocenters. The molecule has 4 N–H and O–H groups in total. The summed E-state index contributed by atoms with van der Waals surface area (Å²) in [6, 6.07) is 17.4. The lowest BCUT2D eigenvalue weighted by atomic mass is 9.96. The first-order chi connectivity index (χ1) is 31.1. The molecule has 0 saturated carbocycles. The third kappa shape index (κ3) is 5.78. The van der Waals surface area contributed by atoms with Gasteiger partial charge in [0.2, 0.25) is 0 Å². The zero-order chi connectivity index (χ0) is 43.5. The number of aromatic nitrogens is 8. The van der Waals surface area contributed by atoms with Crippen LogP contribution in [0.2, 0.25) is 0 Å². The second-order valence-corrected chi connectivity index (χ2v) is 17.2. The minimum atomic E-state index is -0.660. The van der Waals surface area contributed by atoms with E-state index in [0.29, 0.717) is 50.4 Å². The fourth-order valence-electron chi connectivity index (χ4n) is 9.82. The highest BCUT2D eigenvalue weighted by atomic mass is 19.1. The Morgan fingerprint density at radius 1 is 0.625 bits per heavy atom. The van der Waals surface area contributed by atoms with E-state index in [2.05, 4.69) is 29.6 Å². The number of aromatic amines is 2. The van der Waals surface area contributed by atoms with Crippen LogP contribution in [-0.4, -0.2) is 91.9 Å². The Balaban J connectivity index is 0.808. The molecule has 0 bridgehead atoms. The molecule has 2 amide bonds. The number of imidazole rings is 2. The van der Waals surface area contributed by atoms with E-state index in [4.69, 9.17) is 20.2 Å². The Bertz CT molecular complexity index is 3020. The van der Waals surface area contributed by atoms with Gasteiger partial charge in [0, 0.05) is 37.0 Å². The third-order valence-corrected chi connectivity index (χ3v) is 13.5. The standard InChI is InChI=1S/C47H44F2N12O3/c1-3-25-17-41(62)33(48)19-31(25)27-7-9-29-35(15-27)52-54-43(29)45-50-37-21-56(23-39(37)60(45)58-11-5-12-58)47(64)57-22-38-40(24-57)61(59-13-6-14-59)46(51-38)44-30-10-8-28(16-36(30)53-55-44)32-20-34(49)42(63)18-26(32)4-2/h7-10,15-20,62-63H,3-6,11-14,21-24H2,1-2H3,(H,52,54)(H,53,55). The second kappa shape index (κ2) is 14.3. The Labute approximate surface area is 365 Å². The molecule has 0 aliphatic carbocycles. The van der Waals surface area contributed by atoms with Crippen LogP contribution in [0, 0.1) is 11.6 Å². The molecular weight excluding hydrogens is 819 g/mol. The average Bonchev–Trinajstić information content (AvgIpc) is 4.12. The molecule has 64 heavy (non-hydrogen) atoms. The van der Waals surface area contributed by atoms with Crippen molar-refractivity contribution in [1.29, 1.82) is 0 Å². The number of amides is 2. The maximum atomic E-state index is 14.5. The van der Waals surface area contributed by atoms with Gasteiger partial charge < -0.3 is 30.0 Å². The van der Waals surface area contributed by atoms with Crippen LogP contribution >= 0.6 is 0 Å². The van der Waals surface area contributed by atoms with Gasteiger partial charge in [-0.05, 0) is 108 Å². The van der Waals surface area contributed by atoms with E-state index in [1.165, 1.54) is 24.3 Å². The van der Waals surface area contributed by atoms with Crippen molar-refractivity contribution in [3.8, 4) is 56.8 Å². The van der Waals surface area contributed by atoms with Gasteiger partial charge in [0.1, 0.15) is 11.4 Å². The van der Waals surface area contributed by atoms with E-state index in [1.807, 2.05) is 60.0 Å². The van der Waals surface area contributed by atoms with Crippen molar-refractivity contribution in [2.75, 3.05) is 36.2 Å². The number of halogens is 2. The number of aryl methyl sites for hydroxylation is 2. The fraction of sp³-hybridized carbons (Fsp3) is 0.298. The number of carbonyl (C=O) groups is 1. The van der Waals surface area contributed by atoms with Crippen molar-refractivity contribution in [1.82, 2.24) is 49.5 Å². The molecule has 2 saturated heterocycles.